The summed E-state index contributed by atoms with van der Waals surface area (Å²) in [6.07, 6.45) is 2.39. The summed E-state index contributed by atoms with van der Waals surface area (Å²) >= 11 is 0. The quantitative estimate of drug-likeness (QED) is 0.892. The Morgan fingerprint density at radius 2 is 1.84 bits per heavy atom. The molecular weight excluding hydrogens is 246 g/mol. The Balaban J connectivity index is 2.42. The van der Waals surface area contributed by atoms with Gasteiger partial charge in [0.15, 0.2) is 0 Å². The van der Waals surface area contributed by atoms with Gasteiger partial charge in [-0.25, -0.2) is 8.78 Å². The number of nitrogens with zero attached hydrogens (tertiary/aromatic N) is 1. The van der Waals surface area contributed by atoms with Gasteiger partial charge in [-0.2, -0.15) is 0 Å². The van der Waals surface area contributed by atoms with Gasteiger partial charge in [-0.1, -0.05) is 25.1 Å². The van der Waals surface area contributed by atoms with E-state index in [0.717, 1.165) is 6.42 Å². The van der Waals surface area contributed by atoms with E-state index in [0.29, 0.717) is 12.1 Å². The number of hydrogen-bond acceptors (Lipinski definition) is 2. The first kappa shape index (κ1) is 13.6. The van der Waals surface area contributed by atoms with Gasteiger partial charge >= 0.3 is 0 Å². The second-order valence-corrected chi connectivity index (χ2v) is 4.28. The smallest absolute Gasteiger partial charge is 0.146 e. The van der Waals surface area contributed by atoms with E-state index in [1.807, 2.05) is 6.92 Å². The Bertz CT molecular complexity index is 498. The number of nitrogens with one attached hydrogen (secondary N) is 1. The molecule has 1 aromatic heterocycles. The van der Waals surface area contributed by atoms with Crippen LogP contribution >= 0.6 is 0 Å². The molecule has 2 aromatic rings. The monoisotopic (exact) mass is 262 g/mol. The van der Waals surface area contributed by atoms with Gasteiger partial charge in [-0.15, -0.1) is 0 Å². The highest BCUT2D eigenvalue weighted by molar-refractivity contribution is 5.29. The van der Waals surface area contributed by atoms with Gasteiger partial charge in [0.1, 0.15) is 11.6 Å². The molecule has 0 aliphatic rings. The molecule has 2 rings (SSSR count). The predicted molar refractivity (Wildman–Crippen MR) is 70.7 cm³/mol. The van der Waals surface area contributed by atoms with Gasteiger partial charge in [0.2, 0.25) is 0 Å². The van der Waals surface area contributed by atoms with Crippen molar-refractivity contribution < 1.29 is 8.78 Å². The van der Waals surface area contributed by atoms with Crippen molar-refractivity contribution >= 4 is 0 Å². The maximum Gasteiger partial charge on any atom is 0.146 e. The van der Waals surface area contributed by atoms with Crippen LogP contribution in [0.15, 0.2) is 42.6 Å². The average Bonchev–Trinajstić information content (AvgIpc) is 2.42. The van der Waals surface area contributed by atoms with Crippen LogP contribution in [-0.4, -0.2) is 11.5 Å². The van der Waals surface area contributed by atoms with Crippen LogP contribution in [0.1, 0.15) is 30.6 Å². The second-order valence-electron chi connectivity index (χ2n) is 4.28. The van der Waals surface area contributed by atoms with Crippen molar-refractivity contribution in [1.82, 2.24) is 10.3 Å². The van der Waals surface area contributed by atoms with Crippen molar-refractivity contribution in [3.8, 4) is 0 Å². The molecule has 4 heteroatoms. The van der Waals surface area contributed by atoms with Gasteiger partial charge in [0, 0.05) is 11.8 Å². The predicted octanol–water partition coefficient (Wildman–Crippen LogP) is 3.45. The Labute approximate surface area is 111 Å². The molecule has 19 heavy (non-hydrogen) atoms. The molecule has 1 heterocycles. The molecule has 1 aromatic carbocycles. The number of benzene rings is 1. The van der Waals surface area contributed by atoms with E-state index in [9.17, 15) is 8.78 Å². The van der Waals surface area contributed by atoms with Crippen LogP contribution in [-0.2, 0) is 0 Å². The Kier molecular flexibility index (Phi) is 4.58. The van der Waals surface area contributed by atoms with Gasteiger partial charge in [0.05, 0.1) is 11.7 Å². The van der Waals surface area contributed by atoms with E-state index in [1.165, 1.54) is 24.4 Å². The molecule has 1 N–H and O–H groups in total. The maximum absolute atomic E-state index is 13.9. The summed E-state index contributed by atoms with van der Waals surface area (Å²) in [4.78, 5) is 4.04. The lowest BCUT2D eigenvalue weighted by molar-refractivity contribution is 0.508. The molecule has 0 aliphatic heterocycles. The third-order valence-corrected chi connectivity index (χ3v) is 2.88. The van der Waals surface area contributed by atoms with Crippen LogP contribution in [0.3, 0.4) is 0 Å². The maximum atomic E-state index is 13.9. The normalized spacial score (nSPS) is 12.4. The Hall–Kier alpha value is -1.81. The van der Waals surface area contributed by atoms with Crippen molar-refractivity contribution in [3.05, 3.63) is 65.5 Å². The standard InChI is InChI=1S/C15H16F2N2/c1-2-9-18-14(11-6-3-4-7-12(11)16)15-13(17)8-5-10-19-15/h3-8,10,14,18H,2,9H2,1H3. The van der Waals surface area contributed by atoms with Crippen LogP contribution in [0.4, 0.5) is 8.78 Å². The highest BCUT2D eigenvalue weighted by Crippen LogP contribution is 2.24. The minimum Gasteiger partial charge on any atom is -0.305 e. The highest BCUT2D eigenvalue weighted by Gasteiger charge is 2.21. The molecule has 0 saturated carbocycles. The summed E-state index contributed by atoms with van der Waals surface area (Å²) in [5.41, 5.74) is 0.634. The van der Waals surface area contributed by atoms with Crippen molar-refractivity contribution in [2.45, 2.75) is 19.4 Å². The summed E-state index contributed by atoms with van der Waals surface area (Å²) in [6, 6.07) is 8.67. The number of hydrogen-bond donors (Lipinski definition) is 1. The molecule has 0 amide bonds. The van der Waals surface area contributed by atoms with E-state index in [-0.39, 0.29) is 11.5 Å². The molecule has 0 aliphatic carbocycles. The number of aromatic nitrogens is 1. The first-order chi connectivity index (χ1) is 9.24. The van der Waals surface area contributed by atoms with Gasteiger partial charge < -0.3 is 5.32 Å². The largest absolute Gasteiger partial charge is 0.305 e. The SMILES string of the molecule is CCCNC(c1ccccc1F)c1ncccc1F. The van der Waals surface area contributed by atoms with E-state index in [4.69, 9.17) is 0 Å². The molecule has 0 spiro atoms. The van der Waals surface area contributed by atoms with Crippen molar-refractivity contribution in [1.29, 1.82) is 0 Å². The fourth-order valence-corrected chi connectivity index (χ4v) is 1.96. The van der Waals surface area contributed by atoms with Crippen LogP contribution < -0.4 is 5.32 Å². The van der Waals surface area contributed by atoms with Gasteiger partial charge in [0.25, 0.3) is 0 Å². The first-order valence-electron chi connectivity index (χ1n) is 6.32. The number of rotatable bonds is 5. The van der Waals surface area contributed by atoms with Crippen LogP contribution in [0, 0.1) is 11.6 Å². The lowest BCUT2D eigenvalue weighted by Crippen LogP contribution is -2.26. The minimum atomic E-state index is -0.567. The van der Waals surface area contributed by atoms with E-state index < -0.39 is 11.9 Å². The zero-order valence-electron chi connectivity index (χ0n) is 10.7. The van der Waals surface area contributed by atoms with Gasteiger partial charge in [-0.05, 0) is 31.2 Å². The lowest BCUT2D eigenvalue weighted by Gasteiger charge is -2.19. The Morgan fingerprint density at radius 3 is 2.53 bits per heavy atom. The Morgan fingerprint density at radius 1 is 1.11 bits per heavy atom. The molecule has 2 nitrogen and oxygen atoms in total. The van der Waals surface area contributed by atoms with Gasteiger partial charge in [-0.3, -0.25) is 4.98 Å². The van der Waals surface area contributed by atoms with Crippen LogP contribution in [0.2, 0.25) is 0 Å². The topological polar surface area (TPSA) is 24.9 Å². The molecule has 1 atom stereocenters. The third kappa shape index (κ3) is 3.15. The summed E-state index contributed by atoms with van der Waals surface area (Å²) in [6.45, 7) is 2.66. The molecule has 0 saturated heterocycles. The van der Waals surface area contributed by atoms with Crippen LogP contribution in [0.25, 0.3) is 0 Å². The van der Waals surface area contributed by atoms with Crippen molar-refractivity contribution in [3.63, 3.8) is 0 Å². The van der Waals surface area contributed by atoms with E-state index in [1.54, 1.807) is 18.2 Å². The zero-order valence-corrected chi connectivity index (χ0v) is 10.7. The van der Waals surface area contributed by atoms with Crippen molar-refractivity contribution in [2.75, 3.05) is 6.54 Å². The summed E-state index contributed by atoms with van der Waals surface area (Å²) in [5.74, 6) is -0.791. The number of pyridine rings is 1. The summed E-state index contributed by atoms with van der Waals surface area (Å²) in [7, 11) is 0. The summed E-state index contributed by atoms with van der Waals surface area (Å²) in [5, 5.41) is 3.14. The highest BCUT2D eigenvalue weighted by atomic mass is 19.1. The fourth-order valence-electron chi connectivity index (χ4n) is 1.96. The molecule has 100 valence electrons. The van der Waals surface area contributed by atoms with Crippen molar-refractivity contribution in [2.24, 2.45) is 0 Å². The summed E-state index contributed by atoms with van der Waals surface area (Å²) < 4.78 is 27.8. The third-order valence-electron chi connectivity index (χ3n) is 2.88. The first-order valence-corrected chi connectivity index (χ1v) is 6.32. The zero-order chi connectivity index (χ0) is 13.7. The molecule has 0 bridgehead atoms. The number of halogens is 2. The van der Waals surface area contributed by atoms with E-state index >= 15 is 0 Å². The van der Waals surface area contributed by atoms with E-state index in [2.05, 4.69) is 10.3 Å². The van der Waals surface area contributed by atoms with Crippen LogP contribution in [0.5, 0.6) is 0 Å². The minimum absolute atomic E-state index is 0.223. The molecular formula is C15H16F2N2. The second kappa shape index (κ2) is 6.38. The lowest BCUT2D eigenvalue weighted by atomic mass is 10.0. The molecule has 1 unspecified atom stereocenters. The fraction of sp³-hybridized carbons (Fsp3) is 0.267. The molecule has 0 fully saturated rings. The average molecular weight is 262 g/mol. The molecule has 0 radical (unpaired) electrons.